The minimum Gasteiger partial charge on any atom is -0.354 e. The fraction of sp³-hybridized carbons (Fsp3) is 0.933. The van der Waals surface area contributed by atoms with E-state index in [9.17, 15) is 4.79 Å². The molecule has 0 aromatic carbocycles. The number of piperidine rings is 2. The lowest BCUT2D eigenvalue weighted by Gasteiger charge is -2.49. The van der Waals surface area contributed by atoms with Crippen LogP contribution in [0.15, 0.2) is 0 Å². The zero-order valence-corrected chi connectivity index (χ0v) is 12.6. The normalized spacial score (nSPS) is 31.5. The Morgan fingerprint density at radius 2 is 1.89 bits per heavy atom. The number of fused-ring (bicyclic) bond motifs is 2. The summed E-state index contributed by atoms with van der Waals surface area (Å²) in [5.41, 5.74) is 0. The topological polar surface area (TPSA) is 44.4 Å². The highest BCUT2D eigenvalue weighted by Gasteiger charge is 2.37. The summed E-state index contributed by atoms with van der Waals surface area (Å²) in [7, 11) is 2.08. The molecule has 2 aliphatic heterocycles. The maximum atomic E-state index is 11.8. The van der Waals surface area contributed by atoms with E-state index < -0.39 is 0 Å². The summed E-state index contributed by atoms with van der Waals surface area (Å²) in [4.78, 5) is 14.4. The summed E-state index contributed by atoms with van der Waals surface area (Å²) < 4.78 is 0. The van der Waals surface area contributed by atoms with E-state index >= 15 is 0 Å². The van der Waals surface area contributed by atoms with Crippen molar-refractivity contribution in [1.82, 2.24) is 15.5 Å². The van der Waals surface area contributed by atoms with Crippen molar-refractivity contribution < 1.29 is 4.79 Å². The van der Waals surface area contributed by atoms with Crippen LogP contribution >= 0.6 is 0 Å². The number of carbonyl (C=O) groups is 1. The van der Waals surface area contributed by atoms with E-state index in [0.717, 1.165) is 6.54 Å². The monoisotopic (exact) mass is 267 g/mol. The standard InChI is InChI=1S/C15H29N3O/c1-11(2)17-15(19)7-8-18-13-5-4-6-14(18)10-12(9-13)16-3/h11-14,16H,4-10H2,1-3H3,(H,17,19). The lowest BCUT2D eigenvalue weighted by atomic mass is 9.81. The molecule has 2 aliphatic rings. The van der Waals surface area contributed by atoms with Gasteiger partial charge in [0, 0.05) is 37.1 Å². The first kappa shape index (κ1) is 14.8. The Labute approximate surface area is 117 Å². The molecule has 4 heteroatoms. The van der Waals surface area contributed by atoms with Crippen LogP contribution in [-0.2, 0) is 4.79 Å². The predicted octanol–water partition coefficient (Wildman–Crippen LogP) is 1.51. The summed E-state index contributed by atoms with van der Waals surface area (Å²) in [6.45, 7) is 4.97. The summed E-state index contributed by atoms with van der Waals surface area (Å²) in [6.07, 6.45) is 7.12. The van der Waals surface area contributed by atoms with E-state index in [2.05, 4.69) is 22.6 Å². The SMILES string of the molecule is CNC1CC2CCCC(C1)N2CCC(=O)NC(C)C. The van der Waals surface area contributed by atoms with Crippen molar-refractivity contribution in [2.45, 2.75) is 76.5 Å². The summed E-state index contributed by atoms with van der Waals surface area (Å²) in [6, 6.07) is 2.31. The molecule has 2 atom stereocenters. The molecule has 0 aromatic heterocycles. The molecule has 110 valence electrons. The molecule has 4 nitrogen and oxygen atoms in total. The minimum absolute atomic E-state index is 0.198. The molecule has 2 heterocycles. The van der Waals surface area contributed by atoms with E-state index in [1.807, 2.05) is 13.8 Å². The smallest absolute Gasteiger partial charge is 0.221 e. The highest BCUT2D eigenvalue weighted by molar-refractivity contribution is 5.76. The van der Waals surface area contributed by atoms with Crippen LogP contribution in [0.3, 0.4) is 0 Å². The second-order valence-corrected chi connectivity index (χ2v) is 6.41. The van der Waals surface area contributed by atoms with Crippen LogP contribution in [0.4, 0.5) is 0 Å². The molecule has 2 rings (SSSR count). The second kappa shape index (κ2) is 6.71. The number of rotatable bonds is 5. The highest BCUT2D eigenvalue weighted by Crippen LogP contribution is 2.33. The third-order valence-electron chi connectivity index (χ3n) is 4.58. The fourth-order valence-electron chi connectivity index (χ4n) is 3.70. The van der Waals surface area contributed by atoms with Crippen molar-refractivity contribution in [3.8, 4) is 0 Å². The maximum absolute atomic E-state index is 11.8. The van der Waals surface area contributed by atoms with Crippen LogP contribution in [0.25, 0.3) is 0 Å². The van der Waals surface area contributed by atoms with Gasteiger partial charge in [-0.1, -0.05) is 6.42 Å². The number of amides is 1. The summed E-state index contributed by atoms with van der Waals surface area (Å²) >= 11 is 0. The number of nitrogens with one attached hydrogen (secondary N) is 2. The van der Waals surface area contributed by atoms with Crippen molar-refractivity contribution in [2.75, 3.05) is 13.6 Å². The van der Waals surface area contributed by atoms with E-state index in [-0.39, 0.29) is 11.9 Å². The Balaban J connectivity index is 1.84. The van der Waals surface area contributed by atoms with Gasteiger partial charge in [0.1, 0.15) is 0 Å². The molecule has 19 heavy (non-hydrogen) atoms. The average molecular weight is 267 g/mol. The predicted molar refractivity (Wildman–Crippen MR) is 78.1 cm³/mol. The van der Waals surface area contributed by atoms with Gasteiger partial charge in [-0.05, 0) is 46.6 Å². The Bertz CT molecular complexity index is 292. The van der Waals surface area contributed by atoms with Crippen molar-refractivity contribution in [1.29, 1.82) is 0 Å². The Hall–Kier alpha value is -0.610. The summed E-state index contributed by atoms with van der Waals surface area (Å²) in [5.74, 6) is 0.198. The molecule has 1 amide bonds. The van der Waals surface area contributed by atoms with Gasteiger partial charge in [0.25, 0.3) is 0 Å². The fourth-order valence-corrected chi connectivity index (χ4v) is 3.70. The van der Waals surface area contributed by atoms with Gasteiger partial charge in [0.05, 0.1) is 0 Å². The van der Waals surface area contributed by atoms with Crippen LogP contribution < -0.4 is 10.6 Å². The van der Waals surface area contributed by atoms with Crippen LogP contribution in [0.1, 0.15) is 52.4 Å². The van der Waals surface area contributed by atoms with Crippen molar-refractivity contribution in [3.63, 3.8) is 0 Å². The van der Waals surface area contributed by atoms with Gasteiger partial charge in [0.15, 0.2) is 0 Å². The van der Waals surface area contributed by atoms with Crippen molar-refractivity contribution in [2.24, 2.45) is 0 Å². The number of carbonyl (C=O) groups excluding carboxylic acids is 1. The minimum atomic E-state index is 0.198. The van der Waals surface area contributed by atoms with Crippen molar-refractivity contribution in [3.05, 3.63) is 0 Å². The quantitative estimate of drug-likeness (QED) is 0.793. The lowest BCUT2D eigenvalue weighted by Crippen LogP contribution is -2.56. The molecule has 2 N–H and O–H groups in total. The van der Waals surface area contributed by atoms with Gasteiger partial charge < -0.3 is 10.6 Å². The Morgan fingerprint density at radius 1 is 1.26 bits per heavy atom. The van der Waals surface area contributed by atoms with Gasteiger partial charge in [-0.25, -0.2) is 0 Å². The van der Waals surface area contributed by atoms with Gasteiger partial charge in [-0.2, -0.15) is 0 Å². The van der Waals surface area contributed by atoms with Gasteiger partial charge >= 0.3 is 0 Å². The third kappa shape index (κ3) is 3.93. The molecule has 2 unspecified atom stereocenters. The molecule has 0 radical (unpaired) electrons. The van der Waals surface area contributed by atoms with E-state index in [1.165, 1.54) is 32.1 Å². The Kier molecular flexibility index (Phi) is 5.22. The molecule has 0 spiro atoms. The van der Waals surface area contributed by atoms with Gasteiger partial charge in [0.2, 0.25) is 5.91 Å². The van der Waals surface area contributed by atoms with Crippen LogP contribution in [0.2, 0.25) is 0 Å². The number of hydrogen-bond donors (Lipinski definition) is 2. The zero-order chi connectivity index (χ0) is 13.8. The van der Waals surface area contributed by atoms with E-state index in [1.54, 1.807) is 0 Å². The van der Waals surface area contributed by atoms with E-state index in [4.69, 9.17) is 0 Å². The third-order valence-corrected chi connectivity index (χ3v) is 4.58. The highest BCUT2D eigenvalue weighted by atomic mass is 16.1. The first-order chi connectivity index (χ1) is 9.10. The molecule has 0 saturated carbocycles. The van der Waals surface area contributed by atoms with Gasteiger partial charge in [-0.15, -0.1) is 0 Å². The molecular formula is C15H29N3O. The van der Waals surface area contributed by atoms with Crippen LogP contribution in [0.5, 0.6) is 0 Å². The number of hydrogen-bond acceptors (Lipinski definition) is 3. The molecule has 2 saturated heterocycles. The average Bonchev–Trinajstić information content (AvgIpc) is 2.34. The lowest BCUT2D eigenvalue weighted by molar-refractivity contribution is -0.122. The molecule has 0 aromatic rings. The zero-order valence-electron chi connectivity index (χ0n) is 12.6. The van der Waals surface area contributed by atoms with Crippen LogP contribution in [0, 0.1) is 0 Å². The maximum Gasteiger partial charge on any atom is 0.221 e. The molecule has 2 bridgehead atoms. The van der Waals surface area contributed by atoms with E-state index in [0.29, 0.717) is 24.5 Å². The largest absolute Gasteiger partial charge is 0.354 e. The number of nitrogens with zero attached hydrogens (tertiary/aromatic N) is 1. The molecule has 2 fully saturated rings. The van der Waals surface area contributed by atoms with Crippen LogP contribution in [-0.4, -0.2) is 48.6 Å². The van der Waals surface area contributed by atoms with Crippen molar-refractivity contribution >= 4 is 5.91 Å². The second-order valence-electron chi connectivity index (χ2n) is 6.41. The first-order valence-corrected chi connectivity index (χ1v) is 7.82. The summed E-state index contributed by atoms with van der Waals surface area (Å²) in [5, 5.41) is 6.43. The molecular weight excluding hydrogens is 238 g/mol. The molecule has 0 aliphatic carbocycles. The van der Waals surface area contributed by atoms with Gasteiger partial charge in [-0.3, -0.25) is 9.69 Å². The first-order valence-electron chi connectivity index (χ1n) is 7.82. The Morgan fingerprint density at radius 3 is 2.42 bits per heavy atom.